The number of hydrogen-bond acceptors (Lipinski definition) is 3. The number of nitrogens with zero attached hydrogens (tertiary/aromatic N) is 3. The zero-order chi connectivity index (χ0) is 11.9. The number of aromatic nitrogens is 2. The smallest absolute Gasteiger partial charge is 0.202 e. The van der Waals surface area contributed by atoms with Gasteiger partial charge in [0.2, 0.25) is 5.95 Å². The van der Waals surface area contributed by atoms with Gasteiger partial charge in [-0.2, -0.15) is 0 Å². The molecule has 0 aromatic carbocycles. The van der Waals surface area contributed by atoms with Crippen LogP contribution >= 0.6 is 0 Å². The van der Waals surface area contributed by atoms with Gasteiger partial charge in [0.1, 0.15) is 0 Å². The van der Waals surface area contributed by atoms with Crippen LogP contribution in [0.2, 0.25) is 0 Å². The van der Waals surface area contributed by atoms with E-state index in [0.29, 0.717) is 0 Å². The van der Waals surface area contributed by atoms with Crippen LogP contribution in [0.3, 0.4) is 0 Å². The monoisotopic (exact) mass is 236 g/mol. The third-order valence-corrected chi connectivity index (χ3v) is 3.34. The van der Waals surface area contributed by atoms with Crippen LogP contribution in [0.15, 0.2) is 12.4 Å². The topological polar surface area (TPSA) is 33.1 Å². The third-order valence-electron chi connectivity index (χ3n) is 3.34. The molecule has 0 amide bonds. The van der Waals surface area contributed by atoms with E-state index in [-0.39, 0.29) is 0 Å². The molecule has 0 saturated carbocycles. The first-order valence-electron chi connectivity index (χ1n) is 6.87. The van der Waals surface area contributed by atoms with E-state index in [1.165, 1.54) is 32.4 Å². The van der Waals surface area contributed by atoms with E-state index in [0.717, 1.165) is 32.0 Å². The maximum atomic E-state index is 4.35. The lowest BCUT2D eigenvalue weighted by Crippen LogP contribution is -2.34. The van der Waals surface area contributed by atoms with Crippen LogP contribution in [0.25, 0.3) is 0 Å². The quantitative estimate of drug-likeness (QED) is 0.822. The molecule has 0 radical (unpaired) electrons. The Bertz CT molecular complexity index is 315. The molecule has 0 bridgehead atoms. The summed E-state index contributed by atoms with van der Waals surface area (Å²) in [5, 5.41) is 3.44. The molecule has 1 saturated heterocycles. The summed E-state index contributed by atoms with van der Waals surface area (Å²) >= 11 is 0. The Hall–Kier alpha value is -1.03. The molecule has 0 unspecified atom stereocenters. The number of anilines is 1. The minimum Gasteiger partial charge on any atom is -0.354 e. The Kier molecular flexibility index (Phi) is 4.86. The van der Waals surface area contributed by atoms with Crippen molar-refractivity contribution < 1.29 is 0 Å². The fourth-order valence-corrected chi connectivity index (χ4v) is 2.41. The highest BCUT2D eigenvalue weighted by Crippen LogP contribution is 2.08. The average Bonchev–Trinajstić information content (AvgIpc) is 2.79. The summed E-state index contributed by atoms with van der Waals surface area (Å²) < 4.78 is 2.19. The number of rotatable bonds is 6. The summed E-state index contributed by atoms with van der Waals surface area (Å²) in [6.07, 6.45) is 9.21. The summed E-state index contributed by atoms with van der Waals surface area (Å²) in [5.41, 5.74) is 0. The fourth-order valence-electron chi connectivity index (χ4n) is 2.41. The van der Waals surface area contributed by atoms with Crippen molar-refractivity contribution in [2.24, 2.45) is 0 Å². The van der Waals surface area contributed by atoms with Gasteiger partial charge in [0.25, 0.3) is 0 Å². The molecule has 1 fully saturated rings. The normalized spacial score (nSPS) is 17.2. The fraction of sp³-hybridized carbons (Fsp3) is 0.769. The molecule has 1 aromatic rings. The van der Waals surface area contributed by atoms with Gasteiger partial charge in [0.05, 0.1) is 0 Å². The van der Waals surface area contributed by atoms with Crippen molar-refractivity contribution in [3.8, 4) is 0 Å². The number of piperidine rings is 1. The molecule has 1 N–H and O–H groups in total. The van der Waals surface area contributed by atoms with Crippen LogP contribution in [0.4, 0.5) is 5.95 Å². The van der Waals surface area contributed by atoms with Crippen molar-refractivity contribution in [2.75, 3.05) is 31.5 Å². The first kappa shape index (κ1) is 12.4. The highest BCUT2D eigenvalue weighted by atomic mass is 15.2. The number of hydrogen-bond donors (Lipinski definition) is 1. The van der Waals surface area contributed by atoms with Gasteiger partial charge in [0, 0.05) is 32.0 Å². The van der Waals surface area contributed by atoms with E-state index in [2.05, 4.69) is 26.7 Å². The van der Waals surface area contributed by atoms with Crippen LogP contribution in [0.1, 0.15) is 32.6 Å². The van der Waals surface area contributed by atoms with Crippen molar-refractivity contribution in [3.63, 3.8) is 0 Å². The van der Waals surface area contributed by atoms with Crippen molar-refractivity contribution in [3.05, 3.63) is 12.4 Å². The third kappa shape index (κ3) is 3.73. The van der Waals surface area contributed by atoms with Gasteiger partial charge < -0.3 is 14.8 Å². The van der Waals surface area contributed by atoms with E-state index in [1.807, 2.05) is 12.4 Å². The molecule has 96 valence electrons. The van der Waals surface area contributed by atoms with Gasteiger partial charge in [-0.15, -0.1) is 0 Å². The summed E-state index contributed by atoms with van der Waals surface area (Å²) in [4.78, 5) is 6.90. The van der Waals surface area contributed by atoms with Crippen molar-refractivity contribution in [1.29, 1.82) is 0 Å². The molecular formula is C13H24N4. The van der Waals surface area contributed by atoms with E-state index >= 15 is 0 Å². The van der Waals surface area contributed by atoms with Crippen LogP contribution < -0.4 is 5.32 Å². The largest absolute Gasteiger partial charge is 0.354 e. The standard InChI is InChI=1S/C13H24N4/c1-2-8-17-12-7-15-13(17)14-6-11-16-9-4-3-5-10-16/h7,12H,2-6,8-11H2,1H3,(H,14,15). The zero-order valence-electron chi connectivity index (χ0n) is 10.9. The summed E-state index contributed by atoms with van der Waals surface area (Å²) in [7, 11) is 0. The van der Waals surface area contributed by atoms with Crippen LogP contribution in [-0.2, 0) is 6.54 Å². The van der Waals surface area contributed by atoms with Crippen molar-refractivity contribution in [2.45, 2.75) is 39.2 Å². The average molecular weight is 236 g/mol. The second-order valence-corrected chi connectivity index (χ2v) is 4.77. The predicted octanol–water partition coefficient (Wildman–Crippen LogP) is 2.19. The molecule has 4 nitrogen and oxygen atoms in total. The molecule has 1 aliphatic rings. The van der Waals surface area contributed by atoms with E-state index in [9.17, 15) is 0 Å². The predicted molar refractivity (Wildman–Crippen MR) is 71.3 cm³/mol. The van der Waals surface area contributed by atoms with Gasteiger partial charge in [-0.1, -0.05) is 13.3 Å². The second-order valence-electron chi connectivity index (χ2n) is 4.77. The SMILES string of the molecule is CCCn1ccnc1NCCN1CCCCC1. The Morgan fingerprint density at radius 3 is 2.82 bits per heavy atom. The first-order valence-corrected chi connectivity index (χ1v) is 6.87. The zero-order valence-corrected chi connectivity index (χ0v) is 10.9. The number of imidazole rings is 1. The van der Waals surface area contributed by atoms with Gasteiger partial charge in [-0.3, -0.25) is 0 Å². The highest BCUT2D eigenvalue weighted by molar-refractivity contribution is 5.25. The molecule has 1 aliphatic heterocycles. The molecule has 17 heavy (non-hydrogen) atoms. The number of aryl methyl sites for hydroxylation is 1. The Balaban J connectivity index is 1.71. The summed E-state index contributed by atoms with van der Waals surface area (Å²) in [6.45, 7) is 7.92. The molecule has 0 spiro atoms. The minimum absolute atomic E-state index is 1.00. The molecule has 4 heteroatoms. The van der Waals surface area contributed by atoms with Gasteiger partial charge in [0.15, 0.2) is 0 Å². The van der Waals surface area contributed by atoms with Gasteiger partial charge in [-0.05, 0) is 32.4 Å². The van der Waals surface area contributed by atoms with Gasteiger partial charge >= 0.3 is 0 Å². The Labute approximate surface area is 104 Å². The molecule has 2 rings (SSSR count). The van der Waals surface area contributed by atoms with E-state index < -0.39 is 0 Å². The summed E-state index contributed by atoms with van der Waals surface area (Å²) in [5.74, 6) is 1.02. The Morgan fingerprint density at radius 2 is 2.06 bits per heavy atom. The van der Waals surface area contributed by atoms with Crippen LogP contribution in [-0.4, -0.2) is 40.6 Å². The van der Waals surface area contributed by atoms with E-state index in [4.69, 9.17) is 0 Å². The molecular weight excluding hydrogens is 212 g/mol. The minimum atomic E-state index is 1.00. The maximum Gasteiger partial charge on any atom is 0.202 e. The summed E-state index contributed by atoms with van der Waals surface area (Å²) in [6, 6.07) is 0. The van der Waals surface area contributed by atoms with Crippen LogP contribution in [0, 0.1) is 0 Å². The number of nitrogens with one attached hydrogen (secondary N) is 1. The Morgan fingerprint density at radius 1 is 1.24 bits per heavy atom. The lowest BCUT2D eigenvalue weighted by Gasteiger charge is -2.26. The highest BCUT2D eigenvalue weighted by Gasteiger charge is 2.09. The molecule has 0 aliphatic carbocycles. The van der Waals surface area contributed by atoms with Crippen molar-refractivity contribution in [1.82, 2.24) is 14.5 Å². The van der Waals surface area contributed by atoms with Crippen LogP contribution in [0.5, 0.6) is 0 Å². The second kappa shape index (κ2) is 6.64. The van der Waals surface area contributed by atoms with Gasteiger partial charge in [-0.25, -0.2) is 4.98 Å². The van der Waals surface area contributed by atoms with E-state index in [1.54, 1.807) is 0 Å². The maximum absolute atomic E-state index is 4.35. The molecule has 1 aromatic heterocycles. The molecule has 2 heterocycles. The number of likely N-dealkylation sites (tertiary alicyclic amines) is 1. The first-order chi connectivity index (χ1) is 8.40. The lowest BCUT2D eigenvalue weighted by atomic mass is 10.1. The molecule has 0 atom stereocenters. The lowest BCUT2D eigenvalue weighted by molar-refractivity contribution is 0.237. The van der Waals surface area contributed by atoms with Crippen molar-refractivity contribution >= 4 is 5.95 Å².